The number of rotatable bonds is 5. The Morgan fingerprint density at radius 1 is 1.15 bits per heavy atom. The average Bonchev–Trinajstić information content (AvgIpc) is 2.80. The summed E-state index contributed by atoms with van der Waals surface area (Å²) in [5.41, 5.74) is 3.85. The molecule has 2 aromatic heterocycles. The van der Waals surface area contributed by atoms with Gasteiger partial charge < -0.3 is 9.88 Å². The Balaban J connectivity index is 1.61. The number of nitrogens with one attached hydrogen (secondary N) is 1. The van der Waals surface area contributed by atoms with E-state index in [1.54, 1.807) is 6.20 Å². The maximum atomic E-state index is 4.12. The summed E-state index contributed by atoms with van der Waals surface area (Å²) in [6.07, 6.45) is 3.71. The third-order valence-electron chi connectivity index (χ3n) is 3.58. The van der Waals surface area contributed by atoms with E-state index < -0.39 is 0 Å². The first-order valence-corrected chi connectivity index (χ1v) is 6.99. The first kappa shape index (κ1) is 12.9. The van der Waals surface area contributed by atoms with Crippen LogP contribution in [0.1, 0.15) is 11.3 Å². The Bertz CT molecular complexity index is 686. The van der Waals surface area contributed by atoms with Crippen LogP contribution in [0.4, 0.5) is 0 Å². The smallest absolute Gasteiger partial charge is 0.0482 e. The fourth-order valence-electron chi connectivity index (χ4n) is 2.57. The van der Waals surface area contributed by atoms with E-state index in [4.69, 9.17) is 0 Å². The summed E-state index contributed by atoms with van der Waals surface area (Å²) in [6.45, 7) is 4.97. The molecular formula is C17H19N3. The van der Waals surface area contributed by atoms with Gasteiger partial charge in [-0.15, -0.1) is 0 Å². The maximum absolute atomic E-state index is 4.12. The zero-order valence-electron chi connectivity index (χ0n) is 11.7. The minimum Gasteiger partial charge on any atom is -0.344 e. The second kappa shape index (κ2) is 5.88. The van der Waals surface area contributed by atoms with Crippen LogP contribution in [0.2, 0.25) is 0 Å². The zero-order chi connectivity index (χ0) is 13.8. The summed E-state index contributed by atoms with van der Waals surface area (Å²) >= 11 is 0. The summed E-state index contributed by atoms with van der Waals surface area (Å²) in [4.78, 5) is 4.12. The second-order valence-electron chi connectivity index (χ2n) is 5.03. The molecule has 20 heavy (non-hydrogen) atoms. The number of aromatic nitrogens is 2. The Hall–Kier alpha value is -2.13. The van der Waals surface area contributed by atoms with Gasteiger partial charge >= 0.3 is 0 Å². The third-order valence-corrected chi connectivity index (χ3v) is 3.58. The van der Waals surface area contributed by atoms with Gasteiger partial charge in [0.15, 0.2) is 0 Å². The fourth-order valence-corrected chi connectivity index (χ4v) is 2.57. The summed E-state index contributed by atoms with van der Waals surface area (Å²) in [5, 5.41) is 4.79. The van der Waals surface area contributed by atoms with Gasteiger partial charge in [-0.3, -0.25) is 4.98 Å². The summed E-state index contributed by atoms with van der Waals surface area (Å²) in [6, 6.07) is 14.9. The molecule has 0 saturated heterocycles. The molecule has 0 aliphatic heterocycles. The van der Waals surface area contributed by atoms with Crippen molar-refractivity contribution in [3.8, 4) is 0 Å². The molecule has 0 aliphatic carbocycles. The van der Waals surface area contributed by atoms with Gasteiger partial charge in [-0.05, 0) is 36.1 Å². The number of benzene rings is 1. The molecule has 3 heteroatoms. The Kier molecular flexibility index (Phi) is 3.79. The van der Waals surface area contributed by atoms with E-state index in [1.807, 2.05) is 12.3 Å². The molecule has 0 atom stereocenters. The molecule has 3 aromatic rings. The van der Waals surface area contributed by atoms with Crippen molar-refractivity contribution >= 4 is 10.9 Å². The molecule has 0 fully saturated rings. The Labute approximate surface area is 119 Å². The van der Waals surface area contributed by atoms with Crippen LogP contribution in [0.25, 0.3) is 10.9 Å². The largest absolute Gasteiger partial charge is 0.344 e. The Morgan fingerprint density at radius 2 is 2.05 bits per heavy atom. The second-order valence-corrected chi connectivity index (χ2v) is 5.03. The van der Waals surface area contributed by atoms with Crippen molar-refractivity contribution in [3.63, 3.8) is 0 Å². The molecule has 0 unspecified atom stereocenters. The van der Waals surface area contributed by atoms with E-state index in [9.17, 15) is 0 Å². The lowest BCUT2D eigenvalue weighted by atomic mass is 10.2. The topological polar surface area (TPSA) is 29.9 Å². The highest BCUT2D eigenvalue weighted by molar-refractivity contribution is 5.81. The van der Waals surface area contributed by atoms with Crippen molar-refractivity contribution in [2.75, 3.05) is 6.54 Å². The van der Waals surface area contributed by atoms with Crippen LogP contribution < -0.4 is 5.32 Å². The van der Waals surface area contributed by atoms with Crippen molar-refractivity contribution in [3.05, 3.63) is 66.1 Å². The summed E-state index contributed by atoms with van der Waals surface area (Å²) in [5.74, 6) is 0. The third kappa shape index (κ3) is 2.73. The van der Waals surface area contributed by atoms with Crippen molar-refractivity contribution < 1.29 is 0 Å². The monoisotopic (exact) mass is 265 g/mol. The molecule has 3 rings (SSSR count). The first-order chi connectivity index (χ1) is 9.84. The fraction of sp³-hybridized carbons (Fsp3) is 0.235. The van der Waals surface area contributed by atoms with E-state index in [1.165, 1.54) is 22.2 Å². The predicted molar refractivity (Wildman–Crippen MR) is 82.6 cm³/mol. The number of hydrogen-bond donors (Lipinski definition) is 1. The average molecular weight is 265 g/mol. The van der Waals surface area contributed by atoms with Gasteiger partial charge in [0.2, 0.25) is 0 Å². The van der Waals surface area contributed by atoms with Crippen LogP contribution in [0.5, 0.6) is 0 Å². The lowest BCUT2D eigenvalue weighted by molar-refractivity contribution is 0.601. The van der Waals surface area contributed by atoms with E-state index in [-0.39, 0.29) is 0 Å². The number of fused-ring (bicyclic) bond motifs is 1. The molecule has 0 aliphatic rings. The lowest BCUT2D eigenvalue weighted by Crippen LogP contribution is -2.20. The van der Waals surface area contributed by atoms with Crippen LogP contribution >= 0.6 is 0 Å². The number of para-hydroxylation sites is 1. The highest BCUT2D eigenvalue weighted by atomic mass is 15.0. The zero-order valence-corrected chi connectivity index (χ0v) is 11.7. The van der Waals surface area contributed by atoms with Crippen LogP contribution in [0, 0.1) is 6.92 Å². The summed E-state index contributed by atoms with van der Waals surface area (Å²) in [7, 11) is 0. The molecule has 0 spiro atoms. The van der Waals surface area contributed by atoms with Gasteiger partial charge in [0.1, 0.15) is 0 Å². The molecule has 3 nitrogen and oxygen atoms in total. The van der Waals surface area contributed by atoms with Gasteiger partial charge in [-0.2, -0.15) is 0 Å². The van der Waals surface area contributed by atoms with Gasteiger partial charge in [-0.25, -0.2) is 0 Å². The normalized spacial score (nSPS) is 11.1. The first-order valence-electron chi connectivity index (χ1n) is 6.99. The molecule has 1 aromatic carbocycles. The highest BCUT2D eigenvalue weighted by Gasteiger charge is 2.03. The van der Waals surface area contributed by atoms with Crippen molar-refractivity contribution in [2.24, 2.45) is 0 Å². The predicted octanol–water partition coefficient (Wildman–Crippen LogP) is 3.13. The molecular weight excluding hydrogens is 246 g/mol. The number of aryl methyl sites for hydroxylation is 1. The summed E-state index contributed by atoms with van der Waals surface area (Å²) < 4.78 is 2.37. The molecule has 0 radical (unpaired) electrons. The van der Waals surface area contributed by atoms with Gasteiger partial charge in [-0.1, -0.05) is 24.3 Å². The number of hydrogen-bond acceptors (Lipinski definition) is 2. The molecule has 0 saturated carbocycles. The van der Waals surface area contributed by atoms with E-state index in [0.29, 0.717) is 0 Å². The van der Waals surface area contributed by atoms with Crippen molar-refractivity contribution in [1.29, 1.82) is 0 Å². The molecule has 102 valence electrons. The SMILES string of the molecule is Cc1cc2ccccc2n1CCNCc1cccnc1. The molecule has 1 N–H and O–H groups in total. The minimum atomic E-state index is 0.867. The van der Waals surface area contributed by atoms with E-state index in [2.05, 4.69) is 58.2 Å². The number of nitrogens with zero attached hydrogens (tertiary/aromatic N) is 2. The van der Waals surface area contributed by atoms with E-state index >= 15 is 0 Å². The maximum Gasteiger partial charge on any atom is 0.0482 e. The quantitative estimate of drug-likeness (QED) is 0.718. The highest BCUT2D eigenvalue weighted by Crippen LogP contribution is 2.18. The van der Waals surface area contributed by atoms with Gasteiger partial charge in [0.25, 0.3) is 0 Å². The van der Waals surface area contributed by atoms with Gasteiger partial charge in [0, 0.05) is 43.2 Å². The van der Waals surface area contributed by atoms with Crippen LogP contribution in [0.3, 0.4) is 0 Å². The Morgan fingerprint density at radius 3 is 2.90 bits per heavy atom. The van der Waals surface area contributed by atoms with E-state index in [0.717, 1.165) is 19.6 Å². The van der Waals surface area contributed by atoms with Crippen LogP contribution in [0.15, 0.2) is 54.9 Å². The van der Waals surface area contributed by atoms with Crippen LogP contribution in [-0.4, -0.2) is 16.1 Å². The standard InChI is InChI=1S/C17H19N3/c1-14-11-16-6-2-3-7-17(16)20(14)10-9-19-13-15-5-4-8-18-12-15/h2-8,11-12,19H,9-10,13H2,1H3. The molecule has 0 amide bonds. The lowest BCUT2D eigenvalue weighted by Gasteiger charge is -2.09. The van der Waals surface area contributed by atoms with Gasteiger partial charge in [0.05, 0.1) is 0 Å². The molecule has 0 bridgehead atoms. The number of pyridine rings is 1. The van der Waals surface area contributed by atoms with Crippen LogP contribution in [-0.2, 0) is 13.1 Å². The molecule has 2 heterocycles. The van der Waals surface area contributed by atoms with Crippen molar-refractivity contribution in [2.45, 2.75) is 20.0 Å². The minimum absolute atomic E-state index is 0.867. The van der Waals surface area contributed by atoms with Crippen molar-refractivity contribution in [1.82, 2.24) is 14.9 Å².